The molecule has 1 aliphatic carbocycles. The molecule has 1 atom stereocenters. The van der Waals surface area contributed by atoms with Crippen molar-refractivity contribution in [2.24, 2.45) is 5.92 Å². The number of piperidine rings is 1. The minimum Gasteiger partial charge on any atom is -0.444 e. The number of amides is 2. The van der Waals surface area contributed by atoms with E-state index in [-0.39, 0.29) is 5.91 Å². The van der Waals surface area contributed by atoms with E-state index in [1.54, 1.807) is 11.3 Å². The fourth-order valence-corrected chi connectivity index (χ4v) is 5.58. The third-order valence-corrected chi connectivity index (χ3v) is 6.90. The van der Waals surface area contributed by atoms with Crippen LogP contribution in [0.4, 0.5) is 9.80 Å². The Bertz CT molecular complexity index is 837. The van der Waals surface area contributed by atoms with Crippen molar-refractivity contribution in [1.29, 1.82) is 5.26 Å². The number of hydrogen-bond donors (Lipinski definition) is 2. The molecule has 1 saturated heterocycles. The molecule has 0 spiro atoms. The number of rotatable bonds is 5. The summed E-state index contributed by atoms with van der Waals surface area (Å²) in [6, 6.07) is 2.32. The molecule has 1 fully saturated rings. The Labute approximate surface area is 189 Å². The number of carbonyl (C=O) groups excluding carboxylic acids is 2. The number of hydrogen-bond acceptors (Lipinski definition) is 6. The van der Waals surface area contributed by atoms with Crippen LogP contribution in [0.2, 0.25) is 0 Å². The lowest BCUT2D eigenvalue weighted by Gasteiger charge is -2.32. The number of nitrogens with zero attached hydrogens (tertiary/aromatic N) is 2. The van der Waals surface area contributed by atoms with Gasteiger partial charge in [0, 0.05) is 18.0 Å². The van der Waals surface area contributed by atoms with E-state index in [9.17, 15) is 14.9 Å². The smallest absolute Gasteiger partial charge is 0.407 e. The van der Waals surface area contributed by atoms with Crippen LogP contribution in [-0.2, 0) is 22.4 Å². The largest absolute Gasteiger partial charge is 0.444 e. The van der Waals surface area contributed by atoms with Crippen LogP contribution in [0.5, 0.6) is 0 Å². The fourth-order valence-electron chi connectivity index (χ4n) is 4.32. The number of aryl methyl sites for hydroxylation is 1. The third-order valence-electron chi connectivity index (χ3n) is 5.69. The molecule has 0 bridgehead atoms. The van der Waals surface area contributed by atoms with E-state index in [2.05, 4.69) is 21.6 Å². The molecule has 0 aromatic carbocycles. The summed E-state index contributed by atoms with van der Waals surface area (Å²) >= 11 is 1.57. The van der Waals surface area contributed by atoms with Gasteiger partial charge in [-0.25, -0.2) is 4.79 Å². The Morgan fingerprint density at radius 3 is 2.74 bits per heavy atom. The first kappa shape index (κ1) is 23.6. The minimum absolute atomic E-state index is 0.0753. The van der Waals surface area contributed by atoms with Crippen LogP contribution >= 0.6 is 11.3 Å². The quantitative estimate of drug-likeness (QED) is 0.665. The lowest BCUT2D eigenvalue weighted by atomic mass is 9.98. The van der Waals surface area contributed by atoms with E-state index in [0.717, 1.165) is 57.2 Å². The van der Waals surface area contributed by atoms with Crippen molar-refractivity contribution in [2.75, 3.05) is 31.5 Å². The van der Waals surface area contributed by atoms with Gasteiger partial charge in [0.15, 0.2) is 0 Å². The van der Waals surface area contributed by atoms with Gasteiger partial charge in [-0.2, -0.15) is 5.26 Å². The van der Waals surface area contributed by atoms with Gasteiger partial charge in [-0.1, -0.05) is 6.42 Å². The number of thiophene rings is 1. The fraction of sp³-hybridized carbons (Fsp3) is 0.696. The van der Waals surface area contributed by atoms with Gasteiger partial charge in [-0.15, -0.1) is 11.3 Å². The zero-order chi connectivity index (χ0) is 22.4. The highest BCUT2D eigenvalue weighted by molar-refractivity contribution is 7.16. The number of carbonyl (C=O) groups is 2. The van der Waals surface area contributed by atoms with Crippen molar-refractivity contribution >= 4 is 28.3 Å². The molecule has 1 aliphatic heterocycles. The summed E-state index contributed by atoms with van der Waals surface area (Å²) in [6.07, 6.45) is 7.01. The predicted octanol–water partition coefficient (Wildman–Crippen LogP) is 4.06. The Morgan fingerprint density at radius 2 is 2.00 bits per heavy atom. The molecule has 1 aromatic heterocycles. The molecule has 1 unspecified atom stereocenters. The molecule has 170 valence electrons. The monoisotopic (exact) mass is 446 g/mol. The Hall–Kier alpha value is -2.11. The summed E-state index contributed by atoms with van der Waals surface area (Å²) in [5, 5.41) is 16.2. The highest BCUT2D eigenvalue weighted by Gasteiger charge is 2.25. The summed E-state index contributed by atoms with van der Waals surface area (Å²) in [5.74, 6) is 0.218. The van der Waals surface area contributed by atoms with E-state index in [0.29, 0.717) is 29.6 Å². The Kier molecular flexibility index (Phi) is 7.95. The highest BCUT2D eigenvalue weighted by atomic mass is 32.1. The van der Waals surface area contributed by atoms with Crippen LogP contribution in [0.25, 0.3) is 0 Å². The Morgan fingerprint density at radius 1 is 1.23 bits per heavy atom. The normalized spacial score (nSPS) is 19.6. The van der Waals surface area contributed by atoms with Crippen LogP contribution in [0.3, 0.4) is 0 Å². The first-order chi connectivity index (χ1) is 14.7. The van der Waals surface area contributed by atoms with Gasteiger partial charge < -0.3 is 15.4 Å². The van der Waals surface area contributed by atoms with Gasteiger partial charge in [0.1, 0.15) is 16.7 Å². The second-order valence-corrected chi connectivity index (χ2v) is 10.7. The van der Waals surface area contributed by atoms with E-state index < -0.39 is 11.7 Å². The van der Waals surface area contributed by atoms with E-state index in [4.69, 9.17) is 4.74 Å². The zero-order valence-corrected chi connectivity index (χ0v) is 19.7. The van der Waals surface area contributed by atoms with Crippen molar-refractivity contribution in [3.8, 4) is 6.07 Å². The summed E-state index contributed by atoms with van der Waals surface area (Å²) in [6.45, 7) is 8.00. The second-order valence-electron chi connectivity index (χ2n) is 9.55. The van der Waals surface area contributed by atoms with E-state index >= 15 is 0 Å². The molecular formula is C23H34N4O3S. The van der Waals surface area contributed by atoms with Gasteiger partial charge >= 0.3 is 6.09 Å². The van der Waals surface area contributed by atoms with Crippen LogP contribution in [0.15, 0.2) is 0 Å². The zero-order valence-electron chi connectivity index (χ0n) is 18.9. The van der Waals surface area contributed by atoms with Crippen molar-refractivity contribution < 1.29 is 14.3 Å². The minimum atomic E-state index is -0.511. The van der Waals surface area contributed by atoms with Gasteiger partial charge in [0.2, 0.25) is 5.91 Å². The highest BCUT2D eigenvalue weighted by Crippen LogP contribution is 2.37. The number of nitriles is 1. The van der Waals surface area contributed by atoms with Crippen LogP contribution in [-0.4, -0.2) is 48.7 Å². The number of nitrogens with one attached hydrogen (secondary N) is 2. The third kappa shape index (κ3) is 6.94. The lowest BCUT2D eigenvalue weighted by molar-refractivity contribution is -0.117. The standard InChI is InChI=1S/C23H34N4O3S/c1-23(2,3)30-22(29)25-13-16-8-7-11-27(14-16)15-20(28)26-21-18(12-24)17-9-5-4-6-10-19(17)31-21/h16H,4-11,13-15H2,1-3H3,(H,25,29)(H,26,28). The van der Waals surface area contributed by atoms with E-state index in [1.807, 2.05) is 20.8 Å². The van der Waals surface area contributed by atoms with Crippen molar-refractivity contribution in [3.63, 3.8) is 0 Å². The SMILES string of the molecule is CC(C)(C)OC(=O)NCC1CCCN(CC(=O)Nc2sc3c(c2C#N)CCCCC3)C1. The molecule has 0 radical (unpaired) electrons. The maximum atomic E-state index is 12.7. The number of alkyl carbamates (subject to hydrolysis) is 1. The van der Waals surface area contributed by atoms with Crippen LogP contribution in [0, 0.1) is 17.2 Å². The number of fused-ring (bicyclic) bond motifs is 1. The maximum absolute atomic E-state index is 12.7. The summed E-state index contributed by atoms with van der Waals surface area (Å²) < 4.78 is 5.30. The number of ether oxygens (including phenoxy) is 1. The molecule has 3 rings (SSSR count). The summed E-state index contributed by atoms with van der Waals surface area (Å²) in [7, 11) is 0. The van der Waals surface area contributed by atoms with Gasteiger partial charge in [-0.05, 0) is 77.3 Å². The van der Waals surface area contributed by atoms with Gasteiger partial charge in [-0.3, -0.25) is 9.69 Å². The first-order valence-corrected chi connectivity index (χ1v) is 12.1. The Balaban J connectivity index is 1.51. The summed E-state index contributed by atoms with van der Waals surface area (Å²) in [5.41, 5.74) is 1.29. The number of likely N-dealkylation sites (tertiary alicyclic amines) is 1. The van der Waals surface area contributed by atoms with Crippen LogP contribution < -0.4 is 10.6 Å². The molecule has 1 aromatic rings. The van der Waals surface area contributed by atoms with Gasteiger partial charge in [0.25, 0.3) is 0 Å². The topological polar surface area (TPSA) is 94.5 Å². The van der Waals surface area contributed by atoms with E-state index in [1.165, 1.54) is 11.3 Å². The van der Waals surface area contributed by atoms with Crippen LogP contribution in [0.1, 0.15) is 68.9 Å². The second kappa shape index (κ2) is 10.5. The molecule has 2 heterocycles. The number of anilines is 1. The van der Waals surface area contributed by atoms with Crippen molar-refractivity contribution in [1.82, 2.24) is 10.2 Å². The summed E-state index contributed by atoms with van der Waals surface area (Å²) in [4.78, 5) is 28.0. The maximum Gasteiger partial charge on any atom is 0.407 e. The molecule has 0 saturated carbocycles. The lowest BCUT2D eigenvalue weighted by Crippen LogP contribution is -2.44. The average Bonchev–Trinajstić information content (AvgIpc) is 2.84. The van der Waals surface area contributed by atoms with Crippen molar-refractivity contribution in [3.05, 3.63) is 16.0 Å². The average molecular weight is 447 g/mol. The molecule has 2 N–H and O–H groups in total. The first-order valence-electron chi connectivity index (χ1n) is 11.3. The van der Waals surface area contributed by atoms with Crippen molar-refractivity contribution in [2.45, 2.75) is 71.3 Å². The molecular weight excluding hydrogens is 412 g/mol. The molecule has 7 nitrogen and oxygen atoms in total. The molecule has 2 aliphatic rings. The molecule has 31 heavy (non-hydrogen) atoms. The predicted molar refractivity (Wildman–Crippen MR) is 122 cm³/mol. The molecule has 2 amide bonds. The molecule has 8 heteroatoms. The van der Waals surface area contributed by atoms with Gasteiger partial charge in [0.05, 0.1) is 12.1 Å².